The van der Waals surface area contributed by atoms with E-state index in [1.165, 1.54) is 6.07 Å². The van der Waals surface area contributed by atoms with Crippen molar-refractivity contribution in [1.29, 1.82) is 0 Å². The summed E-state index contributed by atoms with van der Waals surface area (Å²) in [6.07, 6.45) is 1.06. The van der Waals surface area contributed by atoms with Crippen molar-refractivity contribution < 1.29 is 19.1 Å². The quantitative estimate of drug-likeness (QED) is 0.784. The van der Waals surface area contributed by atoms with Crippen LogP contribution in [0, 0.1) is 5.82 Å². The van der Waals surface area contributed by atoms with E-state index in [1.54, 1.807) is 40.1 Å². The van der Waals surface area contributed by atoms with E-state index < -0.39 is 5.60 Å². The van der Waals surface area contributed by atoms with Crippen LogP contribution in [0.25, 0.3) is 0 Å². The lowest BCUT2D eigenvalue weighted by atomic mass is 9.98. The Kier molecular flexibility index (Phi) is 4.71. The highest BCUT2D eigenvalue weighted by Crippen LogP contribution is 2.38. The van der Waals surface area contributed by atoms with Gasteiger partial charge in [0, 0.05) is 44.4 Å². The minimum atomic E-state index is -1.16. The zero-order chi connectivity index (χ0) is 21.8. The number of nitrogens with zero attached hydrogens (tertiary/aromatic N) is 3. The van der Waals surface area contributed by atoms with Gasteiger partial charge < -0.3 is 19.9 Å². The van der Waals surface area contributed by atoms with Crippen LogP contribution >= 0.6 is 0 Å². The van der Waals surface area contributed by atoms with Gasteiger partial charge in [-0.2, -0.15) is 0 Å². The molecule has 2 fully saturated rings. The average Bonchev–Trinajstić information content (AvgIpc) is 3.45. The molecule has 2 amide bonds. The number of rotatable bonds is 3. The molecule has 1 atom stereocenters. The van der Waals surface area contributed by atoms with Gasteiger partial charge in [0.1, 0.15) is 11.4 Å². The van der Waals surface area contributed by atoms with E-state index in [0.29, 0.717) is 50.3 Å². The van der Waals surface area contributed by atoms with Crippen LogP contribution in [0.4, 0.5) is 10.1 Å². The molecule has 0 radical (unpaired) electrons. The first-order valence-electron chi connectivity index (χ1n) is 10.6. The van der Waals surface area contributed by atoms with Gasteiger partial charge >= 0.3 is 0 Å². The van der Waals surface area contributed by atoms with Crippen LogP contribution in [-0.4, -0.2) is 65.5 Å². The largest absolute Gasteiger partial charge is 0.380 e. The van der Waals surface area contributed by atoms with Gasteiger partial charge in [-0.15, -0.1) is 0 Å². The third-order valence-electron chi connectivity index (χ3n) is 6.45. The molecule has 2 heterocycles. The van der Waals surface area contributed by atoms with Gasteiger partial charge in [0.25, 0.3) is 11.8 Å². The van der Waals surface area contributed by atoms with Crippen molar-refractivity contribution in [3.8, 4) is 0 Å². The molecule has 1 unspecified atom stereocenters. The van der Waals surface area contributed by atoms with Crippen LogP contribution in [-0.2, 0) is 4.79 Å². The van der Waals surface area contributed by atoms with Crippen LogP contribution in [0.3, 0.4) is 0 Å². The van der Waals surface area contributed by atoms with Crippen LogP contribution in [0.2, 0.25) is 0 Å². The Hall–Kier alpha value is -2.97. The first-order valence-corrected chi connectivity index (χ1v) is 10.6. The van der Waals surface area contributed by atoms with Crippen molar-refractivity contribution in [2.24, 2.45) is 0 Å². The molecule has 5 rings (SSSR count). The fourth-order valence-electron chi connectivity index (χ4n) is 4.44. The second-order valence-corrected chi connectivity index (χ2v) is 8.54. The van der Waals surface area contributed by atoms with Gasteiger partial charge in [-0.05, 0) is 36.6 Å². The number of halogens is 1. The number of carbonyl (C=O) groups excluding carboxylic acids is 2. The summed E-state index contributed by atoms with van der Waals surface area (Å²) in [4.78, 5) is 28.6. The van der Waals surface area contributed by atoms with Crippen LogP contribution in [0.1, 0.15) is 40.4 Å². The van der Waals surface area contributed by atoms with Crippen molar-refractivity contribution in [2.75, 3.05) is 38.2 Å². The van der Waals surface area contributed by atoms with Gasteiger partial charge in [0.15, 0.2) is 0 Å². The second kappa shape index (κ2) is 7.32. The lowest BCUT2D eigenvalue weighted by Crippen LogP contribution is -2.53. The van der Waals surface area contributed by atoms with Crippen molar-refractivity contribution in [1.82, 2.24) is 15.2 Å². The molecule has 2 aromatic carbocycles. The van der Waals surface area contributed by atoms with Crippen LogP contribution in [0.15, 0.2) is 42.5 Å². The van der Waals surface area contributed by atoms with Gasteiger partial charge in [-0.3, -0.25) is 9.59 Å². The smallest absolute Gasteiger partial charge is 0.254 e. The Morgan fingerprint density at radius 3 is 2.32 bits per heavy atom. The molecule has 2 N–H and O–H groups in total. The molecule has 8 heteroatoms. The summed E-state index contributed by atoms with van der Waals surface area (Å²) in [5, 5.41) is 11.7. The maximum absolute atomic E-state index is 14.2. The summed E-state index contributed by atoms with van der Waals surface area (Å²) in [5.41, 5.74) is 5.02. The molecule has 31 heavy (non-hydrogen) atoms. The lowest BCUT2D eigenvalue weighted by Gasteiger charge is -2.35. The zero-order valence-electron chi connectivity index (χ0n) is 17.3. The number of aliphatic hydroxyl groups is 1. The molecule has 162 valence electrons. The van der Waals surface area contributed by atoms with Crippen LogP contribution < -0.4 is 10.4 Å². The summed E-state index contributed by atoms with van der Waals surface area (Å²) in [6.45, 7) is 1.77. The Balaban J connectivity index is 1.26. The van der Waals surface area contributed by atoms with E-state index in [9.17, 15) is 19.1 Å². The van der Waals surface area contributed by atoms with Gasteiger partial charge in [-0.1, -0.05) is 24.3 Å². The highest BCUT2D eigenvalue weighted by atomic mass is 19.1. The standard InChI is InChI=1S/C23H25FN4O3/c1-26-20-17(3-2-4-18(20)24)19(25-26)15-5-7-16(8-6-15)21(29)27-11-13-28(14-12-27)22(30)23(31)9-10-23/h2-8,19,25,31H,9-14H2,1H3. The monoisotopic (exact) mass is 424 g/mol. The number of carbonyl (C=O) groups is 2. The molecule has 1 saturated heterocycles. The van der Waals surface area contributed by atoms with Crippen molar-refractivity contribution in [2.45, 2.75) is 24.5 Å². The fraction of sp³-hybridized carbons (Fsp3) is 0.391. The predicted octanol–water partition coefficient (Wildman–Crippen LogP) is 1.68. The highest BCUT2D eigenvalue weighted by molar-refractivity contribution is 5.94. The van der Waals surface area contributed by atoms with E-state index in [0.717, 1.165) is 11.1 Å². The molecule has 2 aromatic rings. The van der Waals surface area contributed by atoms with E-state index in [4.69, 9.17) is 0 Å². The number of hydrogen-bond donors (Lipinski definition) is 2. The molecule has 1 aliphatic carbocycles. The number of benzene rings is 2. The molecule has 2 aliphatic heterocycles. The Bertz CT molecular complexity index is 1030. The molecule has 0 aromatic heterocycles. The summed E-state index contributed by atoms with van der Waals surface area (Å²) < 4.78 is 14.2. The molecular formula is C23H25FN4O3. The lowest BCUT2D eigenvalue weighted by molar-refractivity contribution is -0.143. The number of fused-ring (bicyclic) bond motifs is 1. The number of nitrogens with one attached hydrogen (secondary N) is 1. The van der Waals surface area contributed by atoms with Gasteiger partial charge in [0.2, 0.25) is 0 Å². The summed E-state index contributed by atoms with van der Waals surface area (Å²) in [5.74, 6) is -0.561. The Labute approximate surface area is 180 Å². The topological polar surface area (TPSA) is 76.1 Å². The Morgan fingerprint density at radius 2 is 1.68 bits per heavy atom. The van der Waals surface area contributed by atoms with E-state index >= 15 is 0 Å². The number of hydrogen-bond acceptors (Lipinski definition) is 5. The SMILES string of the molecule is CN1NC(c2ccc(C(=O)N3CCN(C(=O)C4(O)CC4)CC3)cc2)c2cccc(F)c21. The number of anilines is 1. The third kappa shape index (κ3) is 3.45. The van der Waals surface area contributed by atoms with E-state index in [1.807, 2.05) is 18.2 Å². The summed E-state index contributed by atoms with van der Waals surface area (Å²) >= 11 is 0. The molecule has 0 spiro atoms. The van der Waals surface area contributed by atoms with Gasteiger partial charge in [-0.25, -0.2) is 9.82 Å². The minimum Gasteiger partial charge on any atom is -0.380 e. The van der Waals surface area contributed by atoms with Crippen molar-refractivity contribution >= 4 is 17.5 Å². The maximum Gasteiger partial charge on any atom is 0.254 e. The molecule has 3 aliphatic rings. The number of para-hydroxylation sites is 1. The first kappa shape index (κ1) is 20.0. The maximum atomic E-state index is 14.2. The third-order valence-corrected chi connectivity index (χ3v) is 6.45. The zero-order valence-corrected chi connectivity index (χ0v) is 17.3. The van der Waals surface area contributed by atoms with Crippen LogP contribution in [0.5, 0.6) is 0 Å². The van der Waals surface area contributed by atoms with Crippen molar-refractivity contribution in [3.05, 3.63) is 65.0 Å². The van der Waals surface area contributed by atoms with E-state index in [2.05, 4.69) is 5.43 Å². The molecule has 1 saturated carbocycles. The van der Waals surface area contributed by atoms with Crippen molar-refractivity contribution in [3.63, 3.8) is 0 Å². The normalized spacial score (nSPS) is 21.8. The number of hydrazine groups is 1. The summed E-state index contributed by atoms with van der Waals surface area (Å²) in [6, 6.07) is 12.2. The van der Waals surface area contributed by atoms with Gasteiger partial charge in [0.05, 0.1) is 11.7 Å². The van der Waals surface area contributed by atoms with E-state index in [-0.39, 0.29) is 23.7 Å². The number of amides is 2. The highest BCUT2D eigenvalue weighted by Gasteiger charge is 2.50. The Morgan fingerprint density at radius 1 is 1.03 bits per heavy atom. The molecule has 7 nitrogen and oxygen atoms in total. The average molecular weight is 424 g/mol. The fourth-order valence-corrected chi connectivity index (χ4v) is 4.44. The first-order chi connectivity index (χ1) is 14.9. The number of piperazine rings is 1. The molecular weight excluding hydrogens is 399 g/mol. The molecule has 0 bridgehead atoms. The minimum absolute atomic E-state index is 0.0771. The predicted molar refractivity (Wildman–Crippen MR) is 113 cm³/mol. The second-order valence-electron chi connectivity index (χ2n) is 8.54. The summed E-state index contributed by atoms with van der Waals surface area (Å²) in [7, 11) is 1.78.